The number of benzene rings is 2. The molecule has 0 fully saturated rings. The summed E-state index contributed by atoms with van der Waals surface area (Å²) in [6.07, 6.45) is 0.255. The molecule has 0 radical (unpaired) electrons. The number of carbonyl (C=O) groups is 1. The van der Waals surface area contributed by atoms with E-state index in [1.54, 1.807) is 24.3 Å². The molecule has 0 atom stereocenters. The number of nitrogens with zero attached hydrogens (tertiary/aromatic N) is 2. The van der Waals surface area contributed by atoms with Gasteiger partial charge in [0, 0.05) is 29.5 Å². The second-order valence-corrected chi connectivity index (χ2v) is 10.1. The van der Waals surface area contributed by atoms with Gasteiger partial charge in [0.1, 0.15) is 0 Å². The maximum absolute atomic E-state index is 12.2. The molecule has 1 N–H and O–H groups in total. The van der Waals surface area contributed by atoms with Gasteiger partial charge in [0.05, 0.1) is 17.0 Å². The van der Waals surface area contributed by atoms with Crippen LogP contribution in [0.3, 0.4) is 0 Å². The highest BCUT2D eigenvalue weighted by Crippen LogP contribution is 2.26. The van der Waals surface area contributed by atoms with Crippen LogP contribution in [0, 0.1) is 0 Å². The third-order valence-corrected chi connectivity index (χ3v) is 7.01. The first-order chi connectivity index (χ1) is 13.3. The van der Waals surface area contributed by atoms with Crippen LogP contribution in [-0.4, -0.2) is 37.7 Å². The zero-order valence-corrected chi connectivity index (χ0v) is 18.4. The predicted molar refractivity (Wildman–Crippen MR) is 115 cm³/mol. The molecule has 28 heavy (non-hydrogen) atoms. The summed E-state index contributed by atoms with van der Waals surface area (Å²) in [5.74, 6) is -0.147. The summed E-state index contributed by atoms with van der Waals surface area (Å²) in [6.45, 7) is 0. The van der Waals surface area contributed by atoms with Crippen LogP contribution in [0.15, 0.2) is 63.3 Å². The molecule has 9 heteroatoms. The van der Waals surface area contributed by atoms with E-state index in [0.717, 1.165) is 15.6 Å². The van der Waals surface area contributed by atoms with Crippen molar-refractivity contribution in [1.82, 2.24) is 9.29 Å². The quantitative estimate of drug-likeness (QED) is 0.579. The predicted octanol–water partition coefficient (Wildman–Crippen LogP) is 4.00. The molecule has 0 aliphatic rings. The lowest BCUT2D eigenvalue weighted by Gasteiger charge is -2.11. The first kappa shape index (κ1) is 20.7. The number of nitrogens with one attached hydrogen (secondary N) is 1. The second kappa shape index (κ2) is 8.52. The number of sulfonamides is 1. The van der Waals surface area contributed by atoms with Gasteiger partial charge in [-0.05, 0) is 29.8 Å². The average Bonchev–Trinajstić information content (AvgIpc) is 3.10. The third kappa shape index (κ3) is 4.85. The van der Waals surface area contributed by atoms with E-state index in [-0.39, 0.29) is 17.2 Å². The van der Waals surface area contributed by atoms with Gasteiger partial charge in [0.25, 0.3) is 0 Å². The molecule has 0 unspecified atom stereocenters. The monoisotopic (exact) mass is 479 g/mol. The van der Waals surface area contributed by atoms with Crippen molar-refractivity contribution in [2.24, 2.45) is 0 Å². The van der Waals surface area contributed by atoms with Gasteiger partial charge in [-0.1, -0.05) is 40.2 Å². The molecule has 0 saturated carbocycles. The van der Waals surface area contributed by atoms with E-state index in [9.17, 15) is 13.2 Å². The molecule has 0 aliphatic heterocycles. The Morgan fingerprint density at radius 3 is 2.54 bits per heavy atom. The summed E-state index contributed by atoms with van der Waals surface area (Å²) in [4.78, 5) is 16.9. The van der Waals surface area contributed by atoms with E-state index < -0.39 is 10.0 Å². The number of hydrogen-bond acceptors (Lipinski definition) is 5. The van der Waals surface area contributed by atoms with E-state index in [4.69, 9.17) is 0 Å². The Morgan fingerprint density at radius 2 is 1.89 bits per heavy atom. The summed E-state index contributed by atoms with van der Waals surface area (Å²) >= 11 is 4.71. The normalized spacial score (nSPS) is 11.6. The van der Waals surface area contributed by atoms with Crippen molar-refractivity contribution in [3.63, 3.8) is 0 Å². The van der Waals surface area contributed by atoms with Gasteiger partial charge < -0.3 is 5.32 Å². The summed E-state index contributed by atoms with van der Waals surface area (Å²) in [5, 5.41) is 5.12. The minimum Gasteiger partial charge on any atom is -0.302 e. The highest BCUT2D eigenvalue weighted by Gasteiger charge is 2.17. The fourth-order valence-electron chi connectivity index (χ4n) is 2.47. The molecule has 1 aromatic heterocycles. The summed E-state index contributed by atoms with van der Waals surface area (Å²) in [6, 6.07) is 14.1. The average molecular weight is 480 g/mol. The number of rotatable bonds is 6. The Balaban J connectivity index is 1.69. The highest BCUT2D eigenvalue weighted by molar-refractivity contribution is 9.10. The zero-order chi connectivity index (χ0) is 20.3. The Hall–Kier alpha value is -2.07. The summed E-state index contributed by atoms with van der Waals surface area (Å²) < 4.78 is 26.4. The highest BCUT2D eigenvalue weighted by atomic mass is 79.9. The lowest BCUT2D eigenvalue weighted by Crippen LogP contribution is -2.22. The number of amides is 1. The summed E-state index contributed by atoms with van der Waals surface area (Å²) in [7, 11) is -0.479. The van der Waals surface area contributed by atoms with Crippen LogP contribution in [0.5, 0.6) is 0 Å². The number of anilines is 1. The van der Waals surface area contributed by atoms with Gasteiger partial charge >= 0.3 is 0 Å². The third-order valence-electron chi connectivity index (χ3n) is 3.93. The number of carbonyl (C=O) groups excluding carboxylic acids is 1. The van der Waals surface area contributed by atoms with E-state index >= 15 is 0 Å². The van der Waals surface area contributed by atoms with E-state index in [2.05, 4.69) is 26.2 Å². The second-order valence-electron chi connectivity index (χ2n) is 6.20. The number of aromatic nitrogens is 1. The lowest BCUT2D eigenvalue weighted by molar-refractivity contribution is -0.115. The molecule has 0 aliphatic carbocycles. The van der Waals surface area contributed by atoms with Crippen LogP contribution in [0.2, 0.25) is 0 Å². The number of thiazole rings is 1. The van der Waals surface area contributed by atoms with Gasteiger partial charge in [-0.3, -0.25) is 4.79 Å². The van der Waals surface area contributed by atoms with Crippen LogP contribution in [0.1, 0.15) is 5.56 Å². The van der Waals surface area contributed by atoms with Crippen molar-refractivity contribution < 1.29 is 13.2 Å². The fourth-order valence-corrected chi connectivity index (χ4v) is 4.55. The largest absolute Gasteiger partial charge is 0.302 e. The van der Waals surface area contributed by atoms with Crippen molar-refractivity contribution in [2.75, 3.05) is 19.4 Å². The van der Waals surface area contributed by atoms with Crippen LogP contribution in [-0.2, 0) is 21.2 Å². The van der Waals surface area contributed by atoms with Crippen LogP contribution >= 0.6 is 27.3 Å². The molecular formula is C19H18BrN3O3S2. The Morgan fingerprint density at radius 1 is 1.18 bits per heavy atom. The molecule has 3 rings (SSSR count). The van der Waals surface area contributed by atoms with Crippen LogP contribution in [0.4, 0.5) is 5.13 Å². The Kier molecular flexibility index (Phi) is 6.29. The Bertz CT molecular complexity index is 1090. The van der Waals surface area contributed by atoms with Crippen molar-refractivity contribution >= 4 is 48.3 Å². The maximum atomic E-state index is 12.2. The maximum Gasteiger partial charge on any atom is 0.242 e. The topological polar surface area (TPSA) is 79.4 Å². The van der Waals surface area contributed by atoms with Gasteiger partial charge in [-0.2, -0.15) is 0 Å². The molecule has 3 aromatic rings. The number of hydrogen-bond donors (Lipinski definition) is 1. The number of halogens is 1. The van der Waals surface area contributed by atoms with Crippen molar-refractivity contribution in [3.05, 3.63) is 63.9 Å². The molecular weight excluding hydrogens is 462 g/mol. The molecule has 0 spiro atoms. The smallest absolute Gasteiger partial charge is 0.242 e. The first-order valence-corrected chi connectivity index (χ1v) is 11.4. The molecule has 0 saturated heterocycles. The van der Waals surface area contributed by atoms with Gasteiger partial charge in [-0.25, -0.2) is 17.7 Å². The van der Waals surface area contributed by atoms with Gasteiger partial charge in [0.15, 0.2) is 5.13 Å². The molecule has 1 amide bonds. The Labute approximate surface area is 176 Å². The van der Waals surface area contributed by atoms with Crippen LogP contribution < -0.4 is 5.32 Å². The molecule has 146 valence electrons. The minimum absolute atomic E-state index is 0.147. The fraction of sp³-hybridized carbons (Fsp3) is 0.158. The van der Waals surface area contributed by atoms with Crippen LogP contribution in [0.25, 0.3) is 11.3 Å². The molecule has 1 heterocycles. The summed E-state index contributed by atoms with van der Waals surface area (Å²) in [5.41, 5.74) is 2.36. The first-order valence-electron chi connectivity index (χ1n) is 8.28. The SMILES string of the molecule is CN(C)S(=O)(=O)c1ccc(-c2csc(NC(=O)Cc3cccc(Br)c3)n2)cc1. The molecule has 0 bridgehead atoms. The van der Waals surface area contributed by atoms with Gasteiger partial charge in [-0.15, -0.1) is 11.3 Å². The minimum atomic E-state index is -3.46. The van der Waals surface area contributed by atoms with E-state index in [1.807, 2.05) is 29.6 Å². The molecule has 2 aromatic carbocycles. The van der Waals surface area contributed by atoms with Gasteiger partial charge in [0.2, 0.25) is 15.9 Å². The molecule has 6 nitrogen and oxygen atoms in total. The van der Waals surface area contributed by atoms with Crippen molar-refractivity contribution in [1.29, 1.82) is 0 Å². The standard InChI is InChI=1S/C19H18BrN3O3S2/c1-23(2)28(25,26)16-8-6-14(7-9-16)17-12-27-19(21-17)22-18(24)11-13-4-3-5-15(20)10-13/h3-10,12H,11H2,1-2H3,(H,21,22,24). The zero-order valence-electron chi connectivity index (χ0n) is 15.2. The van der Waals surface area contributed by atoms with E-state index in [1.165, 1.54) is 29.7 Å². The van der Waals surface area contributed by atoms with Crippen molar-refractivity contribution in [2.45, 2.75) is 11.3 Å². The van der Waals surface area contributed by atoms with E-state index in [0.29, 0.717) is 10.8 Å². The van der Waals surface area contributed by atoms with Crippen molar-refractivity contribution in [3.8, 4) is 11.3 Å². The lowest BCUT2D eigenvalue weighted by atomic mass is 10.1.